The monoisotopic (exact) mass is 347 g/mol. The minimum Gasteiger partial charge on any atom is -0.493 e. The molecule has 1 heterocycles. The molecule has 0 saturated heterocycles. The summed E-state index contributed by atoms with van der Waals surface area (Å²) < 4.78 is 10.7. The molecule has 1 atom stereocenters. The Bertz CT molecular complexity index is 943. The largest absolute Gasteiger partial charge is 0.493 e. The molecule has 0 spiro atoms. The number of H-pyrrole nitrogens is 1. The Morgan fingerprint density at radius 3 is 2.46 bits per heavy atom. The molecule has 1 aliphatic rings. The van der Waals surface area contributed by atoms with Crippen molar-refractivity contribution < 1.29 is 14.3 Å². The minimum atomic E-state index is 0.136. The number of benzene rings is 2. The summed E-state index contributed by atoms with van der Waals surface area (Å²) in [5, 5.41) is 0. The van der Waals surface area contributed by atoms with E-state index in [1.165, 1.54) is 0 Å². The third-order valence-corrected chi connectivity index (χ3v) is 5.09. The highest BCUT2D eigenvalue weighted by Gasteiger charge is 2.30. The van der Waals surface area contributed by atoms with Gasteiger partial charge in [0.15, 0.2) is 17.3 Å². The van der Waals surface area contributed by atoms with E-state index in [0.717, 1.165) is 34.4 Å². The van der Waals surface area contributed by atoms with Crippen LogP contribution in [0.25, 0.3) is 11.1 Å². The molecular weight excluding hydrogens is 326 g/mol. The molecule has 2 aromatic carbocycles. The Kier molecular flexibility index (Phi) is 4.25. The zero-order valence-electron chi connectivity index (χ0n) is 14.9. The van der Waals surface area contributed by atoms with Crippen LogP contribution in [0.5, 0.6) is 11.5 Å². The van der Waals surface area contributed by atoms with Crippen LogP contribution in [-0.2, 0) is 6.42 Å². The van der Waals surface area contributed by atoms with E-state index in [2.05, 4.69) is 4.98 Å². The third kappa shape index (κ3) is 2.77. The molecule has 1 aromatic heterocycles. The van der Waals surface area contributed by atoms with Crippen LogP contribution in [0.2, 0.25) is 0 Å². The van der Waals surface area contributed by atoms with Crippen LogP contribution in [0.4, 0.5) is 0 Å². The summed E-state index contributed by atoms with van der Waals surface area (Å²) in [6, 6.07) is 15.9. The van der Waals surface area contributed by atoms with Crippen molar-refractivity contribution >= 4 is 5.78 Å². The van der Waals surface area contributed by atoms with E-state index < -0.39 is 0 Å². The predicted octanol–water partition coefficient (Wildman–Crippen LogP) is 4.61. The number of nitrogens with one attached hydrogen (secondary N) is 1. The summed E-state index contributed by atoms with van der Waals surface area (Å²) in [6.45, 7) is 0. The van der Waals surface area contributed by atoms with Crippen molar-refractivity contribution in [1.82, 2.24) is 4.98 Å². The van der Waals surface area contributed by atoms with Gasteiger partial charge in [-0.1, -0.05) is 36.4 Å². The summed E-state index contributed by atoms with van der Waals surface area (Å²) in [5.74, 6) is 1.72. The fraction of sp³-hybridized carbons (Fsp3) is 0.227. The molecular formula is C22H21NO3. The van der Waals surface area contributed by atoms with Crippen molar-refractivity contribution in [3.63, 3.8) is 0 Å². The van der Waals surface area contributed by atoms with Crippen molar-refractivity contribution in [3.8, 4) is 22.6 Å². The number of ether oxygens (including phenoxy) is 2. The molecule has 0 bridgehead atoms. The number of hydrogen-bond acceptors (Lipinski definition) is 3. The first-order valence-electron chi connectivity index (χ1n) is 8.72. The molecule has 0 amide bonds. The second-order valence-corrected chi connectivity index (χ2v) is 6.56. The highest BCUT2D eigenvalue weighted by molar-refractivity contribution is 6.05. The van der Waals surface area contributed by atoms with Gasteiger partial charge in [0.2, 0.25) is 0 Å². The zero-order chi connectivity index (χ0) is 18.1. The van der Waals surface area contributed by atoms with Crippen LogP contribution in [-0.4, -0.2) is 25.0 Å². The maximum absolute atomic E-state index is 12.9. The number of carbonyl (C=O) groups is 1. The topological polar surface area (TPSA) is 51.3 Å². The second-order valence-electron chi connectivity index (χ2n) is 6.56. The normalized spacial score (nSPS) is 16.2. The zero-order valence-corrected chi connectivity index (χ0v) is 14.9. The molecule has 4 nitrogen and oxygen atoms in total. The van der Waals surface area contributed by atoms with E-state index in [4.69, 9.17) is 9.47 Å². The van der Waals surface area contributed by atoms with Gasteiger partial charge in [-0.05, 0) is 35.6 Å². The van der Waals surface area contributed by atoms with Gasteiger partial charge in [-0.25, -0.2) is 0 Å². The van der Waals surface area contributed by atoms with E-state index >= 15 is 0 Å². The molecule has 0 fully saturated rings. The predicted molar refractivity (Wildman–Crippen MR) is 101 cm³/mol. The Labute approximate surface area is 152 Å². The minimum absolute atomic E-state index is 0.136. The smallest absolute Gasteiger partial charge is 0.165 e. The van der Waals surface area contributed by atoms with Gasteiger partial charge in [0.25, 0.3) is 0 Å². The van der Waals surface area contributed by atoms with Crippen LogP contribution in [0, 0.1) is 0 Å². The van der Waals surface area contributed by atoms with Crippen LogP contribution in [0.3, 0.4) is 0 Å². The lowest BCUT2D eigenvalue weighted by Gasteiger charge is -2.23. The molecule has 3 aromatic rings. The molecule has 1 N–H and O–H groups in total. The quantitative estimate of drug-likeness (QED) is 0.750. The van der Waals surface area contributed by atoms with E-state index in [-0.39, 0.29) is 11.7 Å². The summed E-state index contributed by atoms with van der Waals surface area (Å²) in [4.78, 5) is 16.3. The standard InChI is InChI=1S/C22H21NO3/c1-25-20-9-8-15(12-21(20)26-2)16-10-18-22(19(24)11-16)17(13-23-18)14-6-4-3-5-7-14/h3-9,12-13,16,23H,10-11H2,1-2H3/t16-/m0/s1. The van der Waals surface area contributed by atoms with Crippen molar-refractivity contribution in [2.75, 3.05) is 14.2 Å². The van der Waals surface area contributed by atoms with Crippen LogP contribution in [0.1, 0.15) is 34.0 Å². The van der Waals surface area contributed by atoms with E-state index in [0.29, 0.717) is 17.9 Å². The second kappa shape index (κ2) is 6.71. The molecule has 4 rings (SSSR count). The average Bonchev–Trinajstić information content (AvgIpc) is 3.12. The van der Waals surface area contributed by atoms with Crippen LogP contribution >= 0.6 is 0 Å². The number of hydrogen-bond donors (Lipinski definition) is 1. The molecule has 132 valence electrons. The molecule has 1 aliphatic carbocycles. The number of carbonyl (C=O) groups excluding carboxylic acids is 1. The number of Topliss-reactive ketones (excluding diaryl/α,β-unsaturated/α-hetero) is 1. The number of ketones is 1. The lowest BCUT2D eigenvalue weighted by molar-refractivity contribution is 0.0964. The maximum atomic E-state index is 12.9. The highest BCUT2D eigenvalue weighted by atomic mass is 16.5. The molecule has 4 heteroatoms. The third-order valence-electron chi connectivity index (χ3n) is 5.09. The molecule has 0 unspecified atom stereocenters. The van der Waals surface area contributed by atoms with Gasteiger partial charge in [0.1, 0.15) is 0 Å². The first-order chi connectivity index (χ1) is 12.7. The number of rotatable bonds is 4. The summed E-state index contributed by atoms with van der Waals surface area (Å²) in [6.07, 6.45) is 3.26. The van der Waals surface area contributed by atoms with Crippen LogP contribution < -0.4 is 9.47 Å². The summed E-state index contributed by atoms with van der Waals surface area (Å²) in [5.41, 5.74) is 5.02. The molecule has 0 radical (unpaired) electrons. The first-order valence-corrected chi connectivity index (χ1v) is 8.72. The fourth-order valence-electron chi connectivity index (χ4n) is 3.78. The van der Waals surface area contributed by atoms with Gasteiger partial charge in [0.05, 0.1) is 14.2 Å². The molecule has 26 heavy (non-hydrogen) atoms. The average molecular weight is 347 g/mol. The van der Waals surface area contributed by atoms with Crippen LogP contribution in [0.15, 0.2) is 54.7 Å². The van der Waals surface area contributed by atoms with Gasteiger partial charge in [-0.15, -0.1) is 0 Å². The van der Waals surface area contributed by atoms with Gasteiger partial charge in [-0.2, -0.15) is 0 Å². The van der Waals surface area contributed by atoms with E-state index in [1.807, 2.05) is 54.7 Å². The van der Waals surface area contributed by atoms with Crippen molar-refractivity contribution in [2.45, 2.75) is 18.8 Å². The van der Waals surface area contributed by atoms with Gasteiger partial charge in [0, 0.05) is 29.4 Å². The maximum Gasteiger partial charge on any atom is 0.165 e. The van der Waals surface area contributed by atoms with Crippen molar-refractivity contribution in [2.24, 2.45) is 0 Å². The van der Waals surface area contributed by atoms with Gasteiger partial charge in [-0.3, -0.25) is 4.79 Å². The van der Waals surface area contributed by atoms with Crippen molar-refractivity contribution in [1.29, 1.82) is 0 Å². The van der Waals surface area contributed by atoms with E-state index in [1.54, 1.807) is 14.2 Å². The number of fused-ring (bicyclic) bond motifs is 1. The number of aromatic nitrogens is 1. The Morgan fingerprint density at radius 1 is 0.962 bits per heavy atom. The Balaban J connectivity index is 1.68. The summed E-state index contributed by atoms with van der Waals surface area (Å²) >= 11 is 0. The molecule has 0 saturated carbocycles. The van der Waals surface area contributed by atoms with E-state index in [9.17, 15) is 4.79 Å². The molecule has 0 aliphatic heterocycles. The summed E-state index contributed by atoms with van der Waals surface area (Å²) in [7, 11) is 3.25. The number of methoxy groups -OCH3 is 2. The highest BCUT2D eigenvalue weighted by Crippen LogP contribution is 2.39. The lowest BCUT2D eigenvalue weighted by atomic mass is 9.80. The first kappa shape index (κ1) is 16.5. The fourth-order valence-corrected chi connectivity index (χ4v) is 3.78. The van der Waals surface area contributed by atoms with Gasteiger partial charge < -0.3 is 14.5 Å². The number of aromatic amines is 1. The van der Waals surface area contributed by atoms with Gasteiger partial charge >= 0.3 is 0 Å². The van der Waals surface area contributed by atoms with Crippen molar-refractivity contribution in [3.05, 3.63) is 71.5 Å². The lowest BCUT2D eigenvalue weighted by Crippen LogP contribution is -2.18. The Morgan fingerprint density at radius 2 is 1.73 bits per heavy atom. The Hall–Kier alpha value is -3.01. The SMILES string of the molecule is COc1ccc([C@@H]2CC(=O)c3c(-c4ccccc4)c[nH]c3C2)cc1OC.